The van der Waals surface area contributed by atoms with Crippen LogP contribution < -0.4 is 9.47 Å². The lowest BCUT2D eigenvalue weighted by Crippen LogP contribution is -1.98. The molecule has 0 radical (unpaired) electrons. The Kier molecular flexibility index (Phi) is 3.05. The van der Waals surface area contributed by atoms with Crippen molar-refractivity contribution in [2.24, 2.45) is 7.05 Å². The molecular weight excluding hydrogens is 206 g/mol. The summed E-state index contributed by atoms with van der Waals surface area (Å²) < 4.78 is 12.2. The summed E-state index contributed by atoms with van der Waals surface area (Å²) in [5, 5.41) is 4.01. The maximum atomic E-state index is 5.51. The summed E-state index contributed by atoms with van der Waals surface area (Å²) >= 11 is 0. The lowest BCUT2D eigenvalue weighted by Gasteiger charge is -2.04. The smallest absolute Gasteiger partial charge is 0.213 e. The molecule has 0 aliphatic carbocycles. The molecule has 16 heavy (non-hydrogen) atoms. The zero-order valence-electron chi connectivity index (χ0n) is 9.25. The van der Waals surface area contributed by atoms with Crippen LogP contribution >= 0.6 is 0 Å². The summed E-state index contributed by atoms with van der Waals surface area (Å²) in [5.74, 6) is 1.32. The average Bonchev–Trinajstić information content (AvgIpc) is 2.73. The highest BCUT2D eigenvalue weighted by Gasteiger charge is 2.00. The molecule has 5 heteroatoms. The Balaban J connectivity index is 1.99. The molecule has 84 valence electrons. The highest BCUT2D eigenvalue weighted by molar-refractivity contribution is 5.17. The fourth-order valence-corrected chi connectivity index (χ4v) is 1.28. The molecule has 0 bridgehead atoms. The molecule has 0 aromatic carbocycles. The van der Waals surface area contributed by atoms with Crippen LogP contribution in [0.3, 0.4) is 0 Å². The Morgan fingerprint density at radius 2 is 2.25 bits per heavy atom. The SMILES string of the molecule is COc1cccc(COc2cnn(C)c2)n1. The quantitative estimate of drug-likeness (QED) is 0.780. The first-order valence-electron chi connectivity index (χ1n) is 4.89. The molecule has 0 aliphatic rings. The highest BCUT2D eigenvalue weighted by Crippen LogP contribution is 2.11. The van der Waals surface area contributed by atoms with Crippen molar-refractivity contribution in [1.29, 1.82) is 0 Å². The first-order chi connectivity index (χ1) is 7.78. The predicted octanol–water partition coefficient (Wildman–Crippen LogP) is 1.40. The third kappa shape index (κ3) is 2.50. The van der Waals surface area contributed by atoms with Crippen molar-refractivity contribution in [2.75, 3.05) is 7.11 Å². The van der Waals surface area contributed by atoms with Gasteiger partial charge in [-0.05, 0) is 6.07 Å². The van der Waals surface area contributed by atoms with Gasteiger partial charge in [0.05, 0.1) is 25.2 Å². The highest BCUT2D eigenvalue weighted by atomic mass is 16.5. The number of ether oxygens (including phenoxy) is 2. The molecule has 2 heterocycles. The first-order valence-corrected chi connectivity index (χ1v) is 4.89. The zero-order chi connectivity index (χ0) is 11.4. The molecule has 0 unspecified atom stereocenters. The van der Waals surface area contributed by atoms with Crippen LogP contribution in [0, 0.1) is 0 Å². The van der Waals surface area contributed by atoms with E-state index in [1.165, 1.54) is 0 Å². The van der Waals surface area contributed by atoms with Crippen molar-refractivity contribution in [2.45, 2.75) is 6.61 Å². The van der Waals surface area contributed by atoms with E-state index in [0.29, 0.717) is 12.5 Å². The molecular formula is C11H13N3O2. The second kappa shape index (κ2) is 4.65. The second-order valence-corrected chi connectivity index (χ2v) is 3.31. The van der Waals surface area contributed by atoms with Gasteiger partial charge in [-0.1, -0.05) is 6.07 Å². The van der Waals surface area contributed by atoms with Gasteiger partial charge in [0, 0.05) is 13.1 Å². The topological polar surface area (TPSA) is 49.2 Å². The van der Waals surface area contributed by atoms with E-state index in [1.807, 2.05) is 19.2 Å². The van der Waals surface area contributed by atoms with Crippen molar-refractivity contribution >= 4 is 0 Å². The van der Waals surface area contributed by atoms with E-state index in [4.69, 9.17) is 9.47 Å². The van der Waals surface area contributed by atoms with Crippen molar-refractivity contribution in [1.82, 2.24) is 14.8 Å². The van der Waals surface area contributed by atoms with Gasteiger partial charge in [0.25, 0.3) is 0 Å². The van der Waals surface area contributed by atoms with Gasteiger partial charge < -0.3 is 9.47 Å². The number of hydrogen-bond donors (Lipinski definition) is 0. The number of aryl methyl sites for hydroxylation is 1. The molecule has 0 aliphatic heterocycles. The molecule has 0 amide bonds. The lowest BCUT2D eigenvalue weighted by atomic mass is 10.3. The Bertz CT molecular complexity index is 468. The summed E-state index contributed by atoms with van der Waals surface area (Å²) in [6.45, 7) is 0.406. The monoisotopic (exact) mass is 219 g/mol. The number of methoxy groups -OCH3 is 1. The normalized spacial score (nSPS) is 10.1. The van der Waals surface area contributed by atoms with E-state index in [1.54, 1.807) is 30.3 Å². The summed E-state index contributed by atoms with van der Waals surface area (Å²) in [6.07, 6.45) is 3.47. The maximum absolute atomic E-state index is 5.51. The van der Waals surface area contributed by atoms with Gasteiger partial charge in [-0.15, -0.1) is 0 Å². The minimum atomic E-state index is 0.406. The molecule has 0 saturated carbocycles. The molecule has 0 N–H and O–H groups in total. The van der Waals surface area contributed by atoms with Gasteiger partial charge >= 0.3 is 0 Å². The van der Waals surface area contributed by atoms with Gasteiger partial charge in [0.2, 0.25) is 5.88 Å². The molecule has 0 atom stereocenters. The summed E-state index contributed by atoms with van der Waals surface area (Å²) in [4.78, 5) is 4.24. The third-order valence-electron chi connectivity index (χ3n) is 2.06. The van der Waals surface area contributed by atoms with E-state index in [0.717, 1.165) is 11.4 Å². The minimum Gasteiger partial charge on any atom is -0.484 e. The van der Waals surface area contributed by atoms with E-state index in [2.05, 4.69) is 10.1 Å². The van der Waals surface area contributed by atoms with Crippen LogP contribution in [-0.2, 0) is 13.7 Å². The van der Waals surface area contributed by atoms with Crippen molar-refractivity contribution in [3.63, 3.8) is 0 Å². The van der Waals surface area contributed by atoms with Gasteiger partial charge in [0.15, 0.2) is 5.75 Å². The van der Waals surface area contributed by atoms with Crippen molar-refractivity contribution < 1.29 is 9.47 Å². The second-order valence-electron chi connectivity index (χ2n) is 3.31. The van der Waals surface area contributed by atoms with Gasteiger partial charge in [0.1, 0.15) is 6.61 Å². The molecule has 2 aromatic rings. The van der Waals surface area contributed by atoms with Crippen LogP contribution in [0.1, 0.15) is 5.69 Å². The average molecular weight is 219 g/mol. The molecule has 0 saturated heterocycles. The van der Waals surface area contributed by atoms with E-state index in [9.17, 15) is 0 Å². The van der Waals surface area contributed by atoms with E-state index in [-0.39, 0.29) is 0 Å². The fourth-order valence-electron chi connectivity index (χ4n) is 1.28. The Morgan fingerprint density at radius 3 is 2.94 bits per heavy atom. The minimum absolute atomic E-state index is 0.406. The van der Waals surface area contributed by atoms with Crippen LogP contribution in [0.4, 0.5) is 0 Å². The Labute approximate surface area is 93.6 Å². The van der Waals surface area contributed by atoms with Crippen LogP contribution in [-0.4, -0.2) is 21.9 Å². The number of aromatic nitrogens is 3. The van der Waals surface area contributed by atoms with E-state index >= 15 is 0 Å². The van der Waals surface area contributed by atoms with Gasteiger partial charge in [-0.25, -0.2) is 4.98 Å². The standard InChI is InChI=1S/C11H13N3O2/c1-14-7-10(6-12-14)16-8-9-4-3-5-11(13-9)15-2/h3-7H,8H2,1-2H3. The molecule has 0 fully saturated rings. The lowest BCUT2D eigenvalue weighted by molar-refractivity contribution is 0.298. The first kappa shape index (κ1) is 10.5. The number of rotatable bonds is 4. The molecule has 0 spiro atoms. The van der Waals surface area contributed by atoms with Crippen LogP contribution in [0.25, 0.3) is 0 Å². The van der Waals surface area contributed by atoms with Crippen molar-refractivity contribution in [3.8, 4) is 11.6 Å². The molecule has 5 nitrogen and oxygen atoms in total. The van der Waals surface area contributed by atoms with Crippen molar-refractivity contribution in [3.05, 3.63) is 36.3 Å². The molecule has 2 rings (SSSR count). The number of hydrogen-bond acceptors (Lipinski definition) is 4. The summed E-state index contributed by atoms with van der Waals surface area (Å²) in [5.41, 5.74) is 0.822. The van der Waals surface area contributed by atoms with Crippen LogP contribution in [0.5, 0.6) is 11.6 Å². The predicted molar refractivity (Wildman–Crippen MR) is 58.3 cm³/mol. The van der Waals surface area contributed by atoms with E-state index < -0.39 is 0 Å². The fraction of sp³-hybridized carbons (Fsp3) is 0.273. The van der Waals surface area contributed by atoms with Gasteiger partial charge in [-0.2, -0.15) is 5.10 Å². The number of nitrogens with zero attached hydrogens (tertiary/aromatic N) is 3. The maximum Gasteiger partial charge on any atom is 0.213 e. The van der Waals surface area contributed by atoms with Crippen LogP contribution in [0.15, 0.2) is 30.6 Å². The van der Waals surface area contributed by atoms with Crippen LogP contribution in [0.2, 0.25) is 0 Å². The third-order valence-corrected chi connectivity index (χ3v) is 2.06. The molecule has 2 aromatic heterocycles. The summed E-state index contributed by atoms with van der Waals surface area (Å²) in [7, 11) is 3.44. The Hall–Kier alpha value is -2.04. The largest absolute Gasteiger partial charge is 0.484 e. The van der Waals surface area contributed by atoms with Gasteiger partial charge in [-0.3, -0.25) is 4.68 Å². The zero-order valence-corrected chi connectivity index (χ0v) is 9.25. The summed E-state index contributed by atoms with van der Waals surface area (Å²) in [6, 6.07) is 5.57. The number of pyridine rings is 1. The Morgan fingerprint density at radius 1 is 1.38 bits per heavy atom.